The molecule has 13 heteroatoms. The van der Waals surface area contributed by atoms with Crippen molar-refractivity contribution in [3.05, 3.63) is 59.2 Å². The number of carbonyl (C=O) groups is 4. The highest BCUT2D eigenvalue weighted by Gasteiger charge is 2.79. The third-order valence-electron chi connectivity index (χ3n) is 10.5. The molecule has 0 unspecified atom stereocenters. The van der Waals surface area contributed by atoms with Crippen molar-refractivity contribution < 1.29 is 51.3 Å². The molecule has 0 radical (unpaired) electrons. The number of fused-ring (bicyclic) bond motifs is 5. The van der Waals surface area contributed by atoms with Gasteiger partial charge in [-0.2, -0.15) is 0 Å². The third-order valence-corrected chi connectivity index (χ3v) is 10.8. The zero-order chi connectivity index (χ0) is 32.6. The van der Waals surface area contributed by atoms with Crippen molar-refractivity contribution in [3.8, 4) is 0 Å². The summed E-state index contributed by atoms with van der Waals surface area (Å²) in [6, 6.07) is 2.21. The summed E-state index contributed by atoms with van der Waals surface area (Å²) in [5.41, 5.74) is -8.71. The number of halogens is 6. The fraction of sp³-hybridized carbons (Fsp3) is 0.548. The number of carbonyl (C=O) groups excluding carboxylic acids is 4. The third kappa shape index (κ3) is 4.47. The van der Waals surface area contributed by atoms with Crippen LogP contribution in [0.25, 0.3) is 0 Å². The summed E-state index contributed by atoms with van der Waals surface area (Å²) < 4.78 is 71.9. The number of hydrogen-bond donors (Lipinski definition) is 1. The number of allylic oxidation sites excluding steroid dienone is 4. The Kier molecular flexibility index (Phi) is 8.12. The molecule has 1 aromatic rings. The van der Waals surface area contributed by atoms with E-state index in [1.807, 2.05) is 0 Å². The van der Waals surface area contributed by atoms with Crippen LogP contribution in [0.1, 0.15) is 50.4 Å². The minimum atomic E-state index is -2.48. The minimum Gasteiger partial charge on any atom is -0.454 e. The predicted octanol–water partition coefficient (Wildman–Crippen LogP) is 5.34. The molecule has 238 valence electrons. The normalized spacial score (nSPS) is 39.2. The molecule has 0 saturated heterocycles. The Morgan fingerprint density at radius 3 is 2.45 bits per heavy atom. The summed E-state index contributed by atoms with van der Waals surface area (Å²) in [6.07, 6.45) is -1.07. The Labute approximate surface area is 260 Å². The van der Waals surface area contributed by atoms with Crippen LogP contribution in [0.3, 0.4) is 0 Å². The Hall–Kier alpha value is -2.76. The van der Waals surface area contributed by atoms with E-state index in [4.69, 9.17) is 32.7 Å². The summed E-state index contributed by atoms with van der Waals surface area (Å²) >= 11 is 11.6. The molecule has 0 spiro atoms. The van der Waals surface area contributed by atoms with E-state index in [1.54, 1.807) is 0 Å². The summed E-state index contributed by atoms with van der Waals surface area (Å²) in [5, 5.41) is 11.6. The van der Waals surface area contributed by atoms with E-state index < -0.39 is 117 Å². The Balaban J connectivity index is 1.55. The first kappa shape index (κ1) is 32.6. The highest BCUT2D eigenvalue weighted by Crippen LogP contribution is 2.71. The molecule has 44 heavy (non-hydrogen) atoms. The minimum absolute atomic E-state index is 0.00219. The maximum absolute atomic E-state index is 17.5. The van der Waals surface area contributed by atoms with Gasteiger partial charge in [0.25, 0.3) is 0 Å². The van der Waals surface area contributed by atoms with Crippen molar-refractivity contribution in [2.24, 2.45) is 28.6 Å². The first-order valence-electron chi connectivity index (χ1n) is 14.1. The van der Waals surface area contributed by atoms with E-state index in [0.717, 1.165) is 24.3 Å². The number of ether oxygens (including phenoxy) is 2. The molecule has 3 saturated carbocycles. The fourth-order valence-electron chi connectivity index (χ4n) is 8.45. The number of hydrogen-bond acceptors (Lipinski definition) is 7. The second kappa shape index (κ2) is 10.9. The number of benzene rings is 1. The van der Waals surface area contributed by atoms with Gasteiger partial charge in [-0.3, -0.25) is 9.59 Å². The van der Waals surface area contributed by atoms with Crippen LogP contribution in [-0.2, 0) is 23.9 Å². The van der Waals surface area contributed by atoms with Crippen LogP contribution < -0.4 is 0 Å². The number of aliphatic hydroxyl groups excluding tert-OH is 1. The van der Waals surface area contributed by atoms with E-state index in [2.05, 4.69) is 0 Å². The van der Waals surface area contributed by atoms with Crippen LogP contribution >= 0.6 is 23.2 Å². The van der Waals surface area contributed by atoms with Crippen molar-refractivity contribution in [2.75, 3.05) is 6.61 Å². The number of Topliss-reactive ketones (excluding diaryl/α,β-unsaturated/α-hetero) is 1. The highest BCUT2D eigenvalue weighted by molar-refractivity contribution is 6.53. The van der Waals surface area contributed by atoms with Crippen LogP contribution in [0.2, 0.25) is 0 Å². The predicted molar refractivity (Wildman–Crippen MR) is 149 cm³/mol. The summed E-state index contributed by atoms with van der Waals surface area (Å²) in [5.74, 6) is -9.21. The molecule has 7 nitrogen and oxygen atoms in total. The molecule has 4 aliphatic carbocycles. The lowest BCUT2D eigenvalue weighted by molar-refractivity contribution is -0.238. The van der Waals surface area contributed by atoms with Crippen molar-refractivity contribution in [2.45, 2.75) is 68.4 Å². The molecule has 0 aliphatic heterocycles. The standard InChI is InChI=1S/C31H30Cl2F4O7/c1-14-8-18-19-11-22(36)20-10-16(38)6-7-28(20,2)30(19,37)24(40)12-29(18,3)31(14,44-26(41)25(32)33)27(42)43-13-23(39)17-5-4-15(34)9-21(17)35/h4-7,9-10,14,18-19,22,24-25,40H,8,11-13H2,1-3H3/t14-,18+,19+,22+,24+,28+,29+,30+,31+/m1/s1. The maximum atomic E-state index is 17.5. The molecule has 9 atom stereocenters. The van der Waals surface area contributed by atoms with E-state index >= 15 is 8.78 Å². The molecule has 0 bridgehead atoms. The molecule has 0 heterocycles. The van der Waals surface area contributed by atoms with Gasteiger partial charge in [0.15, 0.2) is 18.1 Å². The van der Waals surface area contributed by atoms with Gasteiger partial charge in [0, 0.05) is 28.7 Å². The van der Waals surface area contributed by atoms with Crippen LogP contribution in [0, 0.1) is 40.2 Å². The lowest BCUT2D eigenvalue weighted by atomic mass is 9.44. The molecule has 0 amide bonds. The van der Waals surface area contributed by atoms with Crippen molar-refractivity contribution in [1.29, 1.82) is 0 Å². The molecule has 3 fully saturated rings. The number of ketones is 2. The van der Waals surface area contributed by atoms with Gasteiger partial charge in [-0.05, 0) is 62.0 Å². The lowest BCUT2D eigenvalue weighted by Crippen LogP contribution is -2.71. The molecule has 5 rings (SSSR count). The molecular weight excluding hydrogens is 631 g/mol. The van der Waals surface area contributed by atoms with Gasteiger partial charge >= 0.3 is 11.9 Å². The second-order valence-electron chi connectivity index (χ2n) is 12.6. The van der Waals surface area contributed by atoms with E-state index in [-0.39, 0.29) is 12.0 Å². The summed E-state index contributed by atoms with van der Waals surface area (Å²) in [4.78, 5) is 49.9. The molecule has 1 N–H and O–H groups in total. The van der Waals surface area contributed by atoms with E-state index in [1.165, 1.54) is 26.8 Å². The van der Waals surface area contributed by atoms with Crippen molar-refractivity contribution in [3.63, 3.8) is 0 Å². The Morgan fingerprint density at radius 1 is 1.14 bits per heavy atom. The lowest BCUT2D eigenvalue weighted by Gasteiger charge is -2.63. The average Bonchev–Trinajstić information content (AvgIpc) is 3.16. The topological polar surface area (TPSA) is 107 Å². The van der Waals surface area contributed by atoms with Gasteiger partial charge in [-0.15, -0.1) is 0 Å². The number of rotatable bonds is 6. The molecular formula is C31H30Cl2F4O7. The second-order valence-corrected chi connectivity index (χ2v) is 13.7. The molecule has 1 aromatic carbocycles. The van der Waals surface area contributed by atoms with Crippen molar-refractivity contribution in [1.82, 2.24) is 0 Å². The largest absolute Gasteiger partial charge is 0.454 e. The zero-order valence-corrected chi connectivity index (χ0v) is 25.4. The first-order chi connectivity index (χ1) is 20.4. The van der Waals surface area contributed by atoms with Crippen molar-refractivity contribution >= 4 is 46.7 Å². The van der Waals surface area contributed by atoms with Gasteiger partial charge in [-0.25, -0.2) is 27.2 Å². The van der Waals surface area contributed by atoms with Crippen LogP contribution in [-0.4, -0.2) is 63.6 Å². The quantitative estimate of drug-likeness (QED) is 0.190. The number of esters is 2. The summed E-state index contributed by atoms with van der Waals surface area (Å²) in [6.45, 7) is 3.39. The van der Waals surface area contributed by atoms with Gasteiger partial charge < -0.3 is 14.6 Å². The Morgan fingerprint density at radius 2 is 1.82 bits per heavy atom. The van der Waals surface area contributed by atoms with E-state index in [0.29, 0.717) is 6.07 Å². The average molecular weight is 661 g/mol. The van der Waals surface area contributed by atoms with Crippen LogP contribution in [0.15, 0.2) is 42.0 Å². The Bertz CT molecular complexity index is 1500. The zero-order valence-electron chi connectivity index (χ0n) is 23.9. The fourth-order valence-corrected chi connectivity index (χ4v) is 8.54. The van der Waals surface area contributed by atoms with Crippen LogP contribution in [0.5, 0.6) is 0 Å². The monoisotopic (exact) mass is 660 g/mol. The van der Waals surface area contributed by atoms with Gasteiger partial charge in [0.05, 0.1) is 11.7 Å². The first-order valence-corrected chi connectivity index (χ1v) is 14.9. The van der Waals surface area contributed by atoms with Crippen LogP contribution in [0.4, 0.5) is 17.6 Å². The highest BCUT2D eigenvalue weighted by atomic mass is 35.5. The smallest absolute Gasteiger partial charge is 0.351 e. The SMILES string of the molecule is C[C@@H]1C[C@H]2[C@@H]3C[C@H](F)C4=CC(=O)C=C[C@]4(C)[C@@]3(F)[C@@H](O)C[C@]2(C)[C@@]1(OC(=O)C(Cl)Cl)C(=O)OCC(=O)c1ccc(F)cc1F. The van der Waals surface area contributed by atoms with Gasteiger partial charge in [0.2, 0.25) is 16.2 Å². The molecule has 4 aliphatic rings. The summed E-state index contributed by atoms with van der Waals surface area (Å²) in [7, 11) is 0. The maximum Gasteiger partial charge on any atom is 0.351 e. The number of alkyl halides is 4. The van der Waals surface area contributed by atoms with Gasteiger partial charge in [-0.1, -0.05) is 43.1 Å². The number of aliphatic hydroxyl groups is 1. The van der Waals surface area contributed by atoms with E-state index in [9.17, 15) is 33.1 Å². The molecule has 0 aromatic heterocycles. The van der Waals surface area contributed by atoms with Gasteiger partial charge in [0.1, 0.15) is 17.8 Å².